The average molecular weight is 253 g/mol. The van der Waals surface area contributed by atoms with Gasteiger partial charge in [-0.2, -0.15) is 0 Å². The third kappa shape index (κ3) is 3.73. The molecule has 1 aromatic carbocycles. The molecule has 0 fully saturated rings. The first-order valence-corrected chi connectivity index (χ1v) is 5.70. The third-order valence-corrected chi connectivity index (χ3v) is 2.39. The van der Waals surface area contributed by atoms with Crippen LogP contribution in [0.25, 0.3) is 0 Å². The van der Waals surface area contributed by atoms with Crippen molar-refractivity contribution in [2.45, 2.75) is 26.2 Å². The molecule has 18 heavy (non-hydrogen) atoms. The second kappa shape index (κ2) is 6.58. The number of carbonyl (C=O) groups excluding carboxylic acids is 1. The predicted octanol–water partition coefficient (Wildman–Crippen LogP) is 2.65. The second-order valence-corrected chi connectivity index (χ2v) is 3.80. The van der Waals surface area contributed by atoms with E-state index in [0.717, 1.165) is 31.4 Å². The number of hydrogen-bond acceptors (Lipinski definition) is 5. The lowest BCUT2D eigenvalue weighted by Crippen LogP contribution is -2.06. The van der Waals surface area contributed by atoms with Crippen molar-refractivity contribution in [1.29, 1.82) is 0 Å². The Morgan fingerprint density at radius 3 is 2.78 bits per heavy atom. The quantitative estimate of drug-likeness (QED) is 0.364. The number of phenols is 1. The van der Waals surface area contributed by atoms with Gasteiger partial charge < -0.3 is 9.84 Å². The Bertz CT molecular complexity index is 444. The molecular weight excluding hydrogens is 238 g/mol. The normalized spacial score (nSPS) is 10.1. The monoisotopic (exact) mass is 253 g/mol. The van der Waals surface area contributed by atoms with Crippen LogP contribution < -0.4 is 0 Å². The molecule has 1 aromatic rings. The molecule has 1 rings (SSSR count). The molecule has 0 aromatic heterocycles. The number of nitrogens with zero attached hydrogens (tertiary/aromatic N) is 1. The van der Waals surface area contributed by atoms with Crippen molar-refractivity contribution in [3.8, 4) is 5.75 Å². The van der Waals surface area contributed by atoms with Crippen LogP contribution in [-0.4, -0.2) is 22.6 Å². The Morgan fingerprint density at radius 1 is 1.44 bits per heavy atom. The lowest BCUT2D eigenvalue weighted by Gasteiger charge is -2.04. The highest BCUT2D eigenvalue weighted by Crippen LogP contribution is 2.26. The number of ether oxygens (including phenoxy) is 1. The van der Waals surface area contributed by atoms with Crippen LogP contribution in [0.1, 0.15) is 36.5 Å². The van der Waals surface area contributed by atoms with Gasteiger partial charge in [-0.3, -0.25) is 10.1 Å². The van der Waals surface area contributed by atoms with E-state index in [0.29, 0.717) is 6.61 Å². The van der Waals surface area contributed by atoms with Gasteiger partial charge in [0.2, 0.25) is 0 Å². The molecule has 0 aliphatic carbocycles. The lowest BCUT2D eigenvalue weighted by atomic mass is 10.2. The number of benzene rings is 1. The fourth-order valence-corrected chi connectivity index (χ4v) is 1.40. The van der Waals surface area contributed by atoms with Gasteiger partial charge in [0.15, 0.2) is 5.75 Å². The molecule has 1 N–H and O–H groups in total. The molecule has 98 valence electrons. The molecule has 6 nitrogen and oxygen atoms in total. The number of esters is 1. The average Bonchev–Trinajstić information content (AvgIpc) is 2.34. The molecule has 0 amide bonds. The zero-order valence-electron chi connectivity index (χ0n) is 10.1. The van der Waals surface area contributed by atoms with Gasteiger partial charge in [0.05, 0.1) is 17.1 Å². The summed E-state index contributed by atoms with van der Waals surface area (Å²) in [4.78, 5) is 21.4. The maximum atomic E-state index is 11.6. The molecule has 0 aliphatic rings. The molecule has 0 spiro atoms. The maximum Gasteiger partial charge on any atom is 0.338 e. The highest BCUT2D eigenvalue weighted by molar-refractivity contribution is 5.90. The zero-order chi connectivity index (χ0) is 13.5. The summed E-state index contributed by atoms with van der Waals surface area (Å²) in [5.74, 6) is -1.09. The summed E-state index contributed by atoms with van der Waals surface area (Å²) >= 11 is 0. The van der Waals surface area contributed by atoms with E-state index in [1.807, 2.05) is 6.92 Å². The summed E-state index contributed by atoms with van der Waals surface area (Å²) in [5.41, 5.74) is -0.436. The summed E-state index contributed by atoms with van der Waals surface area (Å²) in [6.07, 6.45) is 2.74. The Kier molecular flexibility index (Phi) is 5.10. The summed E-state index contributed by atoms with van der Waals surface area (Å²) in [6.45, 7) is 2.33. The van der Waals surface area contributed by atoms with Crippen molar-refractivity contribution >= 4 is 11.7 Å². The van der Waals surface area contributed by atoms with Gasteiger partial charge in [-0.15, -0.1) is 0 Å². The van der Waals surface area contributed by atoms with E-state index in [1.165, 1.54) is 6.07 Å². The number of rotatable bonds is 6. The largest absolute Gasteiger partial charge is 0.502 e. The van der Waals surface area contributed by atoms with E-state index >= 15 is 0 Å². The van der Waals surface area contributed by atoms with Crippen molar-refractivity contribution in [2.75, 3.05) is 6.61 Å². The molecule has 0 atom stereocenters. The summed E-state index contributed by atoms with van der Waals surface area (Å²) < 4.78 is 4.96. The van der Waals surface area contributed by atoms with E-state index in [1.54, 1.807) is 0 Å². The van der Waals surface area contributed by atoms with Gasteiger partial charge in [-0.25, -0.2) is 4.79 Å². The first kappa shape index (κ1) is 14.0. The minimum Gasteiger partial charge on any atom is -0.502 e. The Balaban J connectivity index is 2.68. The van der Waals surface area contributed by atoms with Gasteiger partial charge >= 0.3 is 11.7 Å². The smallest absolute Gasteiger partial charge is 0.338 e. The Labute approximate surface area is 104 Å². The highest BCUT2D eigenvalue weighted by atomic mass is 16.6. The van der Waals surface area contributed by atoms with Crippen LogP contribution in [0.4, 0.5) is 5.69 Å². The molecule has 0 heterocycles. The van der Waals surface area contributed by atoms with Crippen molar-refractivity contribution in [1.82, 2.24) is 0 Å². The molecule has 0 saturated heterocycles. The van der Waals surface area contributed by atoms with E-state index in [4.69, 9.17) is 4.74 Å². The van der Waals surface area contributed by atoms with Crippen LogP contribution in [0.2, 0.25) is 0 Å². The van der Waals surface area contributed by atoms with Crippen LogP contribution >= 0.6 is 0 Å². The lowest BCUT2D eigenvalue weighted by molar-refractivity contribution is -0.385. The number of phenolic OH excluding ortho intramolecular Hbond substituents is 1. The number of unbranched alkanes of at least 4 members (excludes halogenated alkanes) is 2. The van der Waals surface area contributed by atoms with Gasteiger partial charge in [0.25, 0.3) is 0 Å². The van der Waals surface area contributed by atoms with E-state index in [-0.39, 0.29) is 5.56 Å². The Morgan fingerprint density at radius 2 is 2.17 bits per heavy atom. The molecule has 6 heteroatoms. The third-order valence-electron chi connectivity index (χ3n) is 2.39. The number of nitro groups is 1. The standard InChI is InChI=1S/C12H15NO5/c1-2-3-4-7-18-12(15)9-5-6-11(14)10(8-9)13(16)17/h5-6,8,14H,2-4,7H2,1H3. The van der Waals surface area contributed by atoms with E-state index < -0.39 is 22.3 Å². The number of carbonyl (C=O) groups is 1. The molecule has 0 bridgehead atoms. The number of nitro benzene ring substituents is 1. The van der Waals surface area contributed by atoms with Gasteiger partial charge in [-0.1, -0.05) is 19.8 Å². The van der Waals surface area contributed by atoms with Crippen molar-refractivity contribution in [3.05, 3.63) is 33.9 Å². The first-order chi connectivity index (χ1) is 8.56. The number of hydrogen-bond donors (Lipinski definition) is 1. The fraction of sp³-hybridized carbons (Fsp3) is 0.417. The molecule has 0 unspecified atom stereocenters. The van der Waals surface area contributed by atoms with Crippen molar-refractivity contribution in [3.63, 3.8) is 0 Å². The van der Waals surface area contributed by atoms with Gasteiger partial charge in [0.1, 0.15) is 0 Å². The highest BCUT2D eigenvalue weighted by Gasteiger charge is 2.17. The molecule has 0 saturated carbocycles. The Hall–Kier alpha value is -2.11. The number of aromatic hydroxyl groups is 1. The minimum absolute atomic E-state index is 0.0657. The van der Waals surface area contributed by atoms with E-state index in [9.17, 15) is 20.0 Å². The zero-order valence-corrected chi connectivity index (χ0v) is 10.1. The van der Waals surface area contributed by atoms with Crippen LogP contribution in [0, 0.1) is 10.1 Å². The summed E-state index contributed by atoms with van der Waals surface area (Å²) in [7, 11) is 0. The topological polar surface area (TPSA) is 89.7 Å². The summed E-state index contributed by atoms with van der Waals surface area (Å²) in [5, 5.41) is 19.8. The molecule has 0 aliphatic heterocycles. The van der Waals surface area contributed by atoms with Crippen molar-refractivity contribution in [2.24, 2.45) is 0 Å². The SMILES string of the molecule is CCCCCOC(=O)c1ccc(O)c([N+](=O)[O-])c1. The molecule has 0 radical (unpaired) electrons. The van der Waals surface area contributed by atoms with Crippen LogP contribution in [0.15, 0.2) is 18.2 Å². The van der Waals surface area contributed by atoms with Crippen molar-refractivity contribution < 1.29 is 19.6 Å². The predicted molar refractivity (Wildman–Crippen MR) is 64.6 cm³/mol. The second-order valence-electron chi connectivity index (χ2n) is 3.80. The van der Waals surface area contributed by atoms with Crippen LogP contribution in [0.5, 0.6) is 5.75 Å². The fourth-order valence-electron chi connectivity index (χ4n) is 1.40. The first-order valence-electron chi connectivity index (χ1n) is 5.70. The minimum atomic E-state index is -0.747. The summed E-state index contributed by atoms with van der Waals surface area (Å²) in [6, 6.07) is 3.42. The van der Waals surface area contributed by atoms with E-state index in [2.05, 4.69) is 0 Å². The maximum absolute atomic E-state index is 11.6. The van der Waals surface area contributed by atoms with Crippen LogP contribution in [0.3, 0.4) is 0 Å². The van der Waals surface area contributed by atoms with Gasteiger partial charge in [-0.05, 0) is 18.6 Å². The van der Waals surface area contributed by atoms with Gasteiger partial charge in [0, 0.05) is 6.07 Å². The molecular formula is C12H15NO5. The van der Waals surface area contributed by atoms with Crippen LogP contribution in [-0.2, 0) is 4.74 Å².